The van der Waals surface area contributed by atoms with E-state index >= 15 is 0 Å². The van der Waals surface area contributed by atoms with Crippen molar-refractivity contribution in [3.63, 3.8) is 0 Å². The third kappa shape index (κ3) is 6.43. The van der Waals surface area contributed by atoms with Crippen LogP contribution in [0.25, 0.3) is 0 Å². The SMILES string of the molecule is CC(C)(OC(=O)CCOC(=O)c1cc(I)cc(I)c1I)C1CC[NH2+]CC1. The number of rotatable bonds is 6. The highest BCUT2D eigenvalue weighted by Gasteiger charge is 2.35. The van der Waals surface area contributed by atoms with Crippen molar-refractivity contribution in [2.24, 2.45) is 5.92 Å². The summed E-state index contributed by atoms with van der Waals surface area (Å²) in [4.78, 5) is 24.5. The first-order chi connectivity index (χ1) is 12.2. The van der Waals surface area contributed by atoms with Gasteiger partial charge in [0.15, 0.2) is 0 Å². The maximum absolute atomic E-state index is 12.3. The first-order valence-electron chi connectivity index (χ1n) is 8.56. The fraction of sp³-hybridized carbons (Fsp3) is 0.556. The molecule has 0 bridgehead atoms. The average molecular weight is 698 g/mol. The molecule has 1 saturated heterocycles. The third-order valence-electron chi connectivity index (χ3n) is 4.55. The van der Waals surface area contributed by atoms with Crippen LogP contribution >= 0.6 is 67.8 Å². The molecular formula is C18H23I3NO4+. The summed E-state index contributed by atoms with van der Waals surface area (Å²) in [5.41, 5.74) is 0.0604. The molecule has 5 nitrogen and oxygen atoms in total. The lowest BCUT2D eigenvalue weighted by Crippen LogP contribution is -2.86. The monoisotopic (exact) mass is 698 g/mol. The van der Waals surface area contributed by atoms with Crippen LogP contribution in [0.3, 0.4) is 0 Å². The van der Waals surface area contributed by atoms with Crippen LogP contribution < -0.4 is 5.32 Å². The summed E-state index contributed by atoms with van der Waals surface area (Å²) in [6, 6.07) is 3.80. The number of carbonyl (C=O) groups excluding carboxylic acids is 2. The predicted molar refractivity (Wildman–Crippen MR) is 124 cm³/mol. The first-order valence-corrected chi connectivity index (χ1v) is 11.8. The normalized spacial score (nSPS) is 15.6. The first kappa shape index (κ1) is 22.6. The van der Waals surface area contributed by atoms with Crippen molar-refractivity contribution in [1.82, 2.24) is 0 Å². The van der Waals surface area contributed by atoms with E-state index in [1.165, 1.54) is 0 Å². The maximum atomic E-state index is 12.3. The van der Waals surface area contributed by atoms with Gasteiger partial charge in [-0.2, -0.15) is 0 Å². The molecule has 0 spiro atoms. The number of halogens is 3. The second kappa shape index (κ2) is 10.2. The lowest BCUT2D eigenvalue weighted by Gasteiger charge is -2.35. The Balaban J connectivity index is 1.83. The minimum atomic E-state index is -0.476. The molecule has 1 aliphatic heterocycles. The van der Waals surface area contributed by atoms with Crippen molar-refractivity contribution in [2.45, 2.75) is 38.7 Å². The van der Waals surface area contributed by atoms with E-state index in [4.69, 9.17) is 9.47 Å². The number of hydrogen-bond donors (Lipinski definition) is 1. The van der Waals surface area contributed by atoms with Gasteiger partial charge in [0.05, 0.1) is 25.1 Å². The van der Waals surface area contributed by atoms with Crippen LogP contribution in [0.15, 0.2) is 12.1 Å². The molecule has 144 valence electrons. The Morgan fingerprint density at radius 1 is 1.19 bits per heavy atom. The molecule has 2 N–H and O–H groups in total. The van der Waals surface area contributed by atoms with Gasteiger partial charge in [0.1, 0.15) is 12.2 Å². The van der Waals surface area contributed by atoms with Gasteiger partial charge in [-0.05, 0) is 93.8 Å². The third-order valence-corrected chi connectivity index (χ3v) is 8.22. The van der Waals surface area contributed by atoms with Crippen molar-refractivity contribution in [2.75, 3.05) is 19.7 Å². The van der Waals surface area contributed by atoms with Crippen LogP contribution in [-0.2, 0) is 14.3 Å². The Morgan fingerprint density at radius 2 is 1.85 bits per heavy atom. The quantitative estimate of drug-likeness (QED) is 0.282. The van der Waals surface area contributed by atoms with Crippen LogP contribution in [0, 0.1) is 16.6 Å². The Labute approximate surface area is 195 Å². The molecule has 0 atom stereocenters. The van der Waals surface area contributed by atoms with Gasteiger partial charge in [-0.3, -0.25) is 4.79 Å². The summed E-state index contributed by atoms with van der Waals surface area (Å²) in [5, 5.41) is 2.29. The van der Waals surface area contributed by atoms with Crippen LogP contribution in [0.1, 0.15) is 43.5 Å². The van der Waals surface area contributed by atoms with E-state index in [0.29, 0.717) is 11.5 Å². The van der Waals surface area contributed by atoms with E-state index in [1.807, 2.05) is 19.9 Å². The number of piperidine rings is 1. The van der Waals surface area contributed by atoms with Gasteiger partial charge in [0, 0.05) is 29.5 Å². The molecule has 1 fully saturated rings. The van der Waals surface area contributed by atoms with E-state index in [0.717, 1.165) is 36.6 Å². The van der Waals surface area contributed by atoms with Crippen LogP contribution in [0.4, 0.5) is 0 Å². The minimum Gasteiger partial charge on any atom is -0.461 e. The lowest BCUT2D eigenvalue weighted by molar-refractivity contribution is -0.665. The summed E-state index contributed by atoms with van der Waals surface area (Å²) in [6.07, 6.45) is 2.18. The second-order valence-electron chi connectivity index (χ2n) is 6.85. The summed E-state index contributed by atoms with van der Waals surface area (Å²) in [6.45, 7) is 6.14. The molecule has 1 aliphatic rings. The largest absolute Gasteiger partial charge is 0.461 e. The lowest BCUT2D eigenvalue weighted by atomic mass is 9.83. The standard InChI is InChI=1S/C18H22I3NO4/c1-18(2,11-3-6-22-7-4-11)26-15(23)5-8-25-17(24)13-9-12(19)10-14(20)16(13)21/h9-11,22H,3-8H2,1-2H3/p+1. The molecule has 8 heteroatoms. The van der Waals surface area contributed by atoms with Crippen molar-refractivity contribution < 1.29 is 24.4 Å². The van der Waals surface area contributed by atoms with Gasteiger partial charge in [0.25, 0.3) is 0 Å². The highest BCUT2D eigenvalue weighted by atomic mass is 127. The van der Waals surface area contributed by atoms with Gasteiger partial charge in [-0.15, -0.1) is 0 Å². The second-order valence-corrected chi connectivity index (χ2v) is 10.3. The number of quaternary nitrogens is 1. The van der Waals surface area contributed by atoms with Crippen molar-refractivity contribution in [1.29, 1.82) is 0 Å². The van der Waals surface area contributed by atoms with E-state index in [2.05, 4.69) is 73.1 Å². The van der Waals surface area contributed by atoms with Gasteiger partial charge in [-0.1, -0.05) is 0 Å². The minimum absolute atomic E-state index is 0.0321. The molecule has 1 aromatic carbocycles. The summed E-state index contributed by atoms with van der Waals surface area (Å²) in [5.74, 6) is -0.334. The molecule has 0 amide bonds. The predicted octanol–water partition coefficient (Wildman–Crippen LogP) is 3.34. The molecule has 2 rings (SSSR count). The summed E-state index contributed by atoms with van der Waals surface area (Å²) >= 11 is 6.51. The zero-order chi connectivity index (χ0) is 19.3. The van der Waals surface area contributed by atoms with E-state index in [9.17, 15) is 9.59 Å². The molecular weight excluding hydrogens is 675 g/mol. The maximum Gasteiger partial charge on any atom is 0.339 e. The van der Waals surface area contributed by atoms with Crippen molar-refractivity contribution >= 4 is 79.7 Å². The Hall–Kier alpha value is 0.310. The Morgan fingerprint density at radius 3 is 2.50 bits per heavy atom. The van der Waals surface area contributed by atoms with Crippen molar-refractivity contribution in [3.05, 3.63) is 28.4 Å². The van der Waals surface area contributed by atoms with Crippen molar-refractivity contribution in [3.8, 4) is 0 Å². The van der Waals surface area contributed by atoms with Gasteiger partial charge < -0.3 is 14.8 Å². The van der Waals surface area contributed by atoms with Gasteiger partial charge in [-0.25, -0.2) is 4.79 Å². The Bertz CT molecular complexity index is 673. The summed E-state index contributed by atoms with van der Waals surface area (Å²) in [7, 11) is 0. The molecule has 0 saturated carbocycles. The zero-order valence-corrected chi connectivity index (χ0v) is 21.3. The fourth-order valence-electron chi connectivity index (χ4n) is 3.06. The molecule has 0 aromatic heterocycles. The Kier molecular flexibility index (Phi) is 8.86. The summed E-state index contributed by atoms with van der Waals surface area (Å²) < 4.78 is 13.8. The topological polar surface area (TPSA) is 69.2 Å². The molecule has 1 aromatic rings. The van der Waals surface area contributed by atoms with E-state index in [-0.39, 0.29) is 19.0 Å². The highest BCUT2D eigenvalue weighted by molar-refractivity contribution is 14.1. The zero-order valence-electron chi connectivity index (χ0n) is 14.8. The highest BCUT2D eigenvalue weighted by Crippen LogP contribution is 2.28. The molecule has 26 heavy (non-hydrogen) atoms. The smallest absolute Gasteiger partial charge is 0.339 e. The molecule has 0 aliphatic carbocycles. The van der Waals surface area contributed by atoms with Crippen LogP contribution in [0.5, 0.6) is 0 Å². The van der Waals surface area contributed by atoms with Crippen LogP contribution in [-0.4, -0.2) is 37.2 Å². The molecule has 1 heterocycles. The van der Waals surface area contributed by atoms with Crippen LogP contribution in [0.2, 0.25) is 0 Å². The number of nitrogens with two attached hydrogens (primary N) is 1. The number of carbonyl (C=O) groups is 2. The molecule has 0 radical (unpaired) electrons. The van der Waals surface area contributed by atoms with E-state index in [1.54, 1.807) is 6.07 Å². The number of ether oxygens (including phenoxy) is 2. The van der Waals surface area contributed by atoms with Gasteiger partial charge in [0.2, 0.25) is 0 Å². The number of esters is 2. The number of hydrogen-bond acceptors (Lipinski definition) is 4. The fourth-order valence-corrected chi connectivity index (χ4v) is 5.44. The average Bonchev–Trinajstić information content (AvgIpc) is 2.58. The molecule has 0 unspecified atom stereocenters. The van der Waals surface area contributed by atoms with E-state index < -0.39 is 11.6 Å². The number of benzene rings is 1. The van der Waals surface area contributed by atoms with Gasteiger partial charge >= 0.3 is 11.9 Å².